The molecule has 0 bridgehead atoms. The van der Waals surface area contributed by atoms with Gasteiger partial charge >= 0.3 is 0 Å². The molecular weight excluding hydrogens is 252 g/mol. The number of nitrogens with zero attached hydrogens (tertiary/aromatic N) is 2. The van der Waals surface area contributed by atoms with Gasteiger partial charge in [0.25, 0.3) is 5.91 Å². The summed E-state index contributed by atoms with van der Waals surface area (Å²) in [6.45, 7) is 5.74. The van der Waals surface area contributed by atoms with Crippen LogP contribution in [0.3, 0.4) is 0 Å². The van der Waals surface area contributed by atoms with E-state index in [1.807, 2.05) is 29.2 Å². The van der Waals surface area contributed by atoms with E-state index in [1.165, 1.54) is 6.26 Å². The molecule has 0 N–H and O–H groups in total. The molecular formula is C16H20N2O2. The predicted octanol–water partition coefficient (Wildman–Crippen LogP) is 3.60. The fraction of sp³-hybridized carbons (Fsp3) is 0.375. The molecule has 1 aromatic carbocycles. The van der Waals surface area contributed by atoms with Crippen LogP contribution in [0.5, 0.6) is 0 Å². The Kier molecular flexibility index (Phi) is 4.93. The van der Waals surface area contributed by atoms with Crippen molar-refractivity contribution < 1.29 is 9.21 Å². The van der Waals surface area contributed by atoms with Crippen molar-refractivity contribution in [2.45, 2.75) is 26.7 Å². The number of carbonyl (C=O) groups is 1. The lowest BCUT2D eigenvalue weighted by molar-refractivity contribution is 0.0755. The molecule has 20 heavy (non-hydrogen) atoms. The topological polar surface area (TPSA) is 46.3 Å². The van der Waals surface area contributed by atoms with E-state index >= 15 is 0 Å². The largest absolute Gasteiger partial charge is 0.445 e. The van der Waals surface area contributed by atoms with Crippen LogP contribution < -0.4 is 0 Å². The molecule has 2 aromatic rings. The van der Waals surface area contributed by atoms with Gasteiger partial charge in [-0.15, -0.1) is 0 Å². The van der Waals surface area contributed by atoms with E-state index in [2.05, 4.69) is 18.8 Å². The fourth-order valence-electron chi connectivity index (χ4n) is 2.19. The molecule has 0 aliphatic carbocycles. The van der Waals surface area contributed by atoms with Crippen LogP contribution in [0.4, 0.5) is 0 Å². The van der Waals surface area contributed by atoms with Gasteiger partial charge in [0.1, 0.15) is 6.26 Å². The van der Waals surface area contributed by atoms with Gasteiger partial charge in [-0.1, -0.05) is 19.9 Å². The number of hydrogen-bond donors (Lipinski definition) is 0. The molecule has 0 saturated carbocycles. The summed E-state index contributed by atoms with van der Waals surface area (Å²) in [6.07, 6.45) is 5.06. The molecule has 0 saturated heterocycles. The second-order valence-electron chi connectivity index (χ2n) is 4.71. The Morgan fingerprint density at radius 3 is 2.60 bits per heavy atom. The van der Waals surface area contributed by atoms with Crippen LogP contribution in [0.1, 0.15) is 37.0 Å². The first-order valence-electron chi connectivity index (χ1n) is 7.05. The van der Waals surface area contributed by atoms with E-state index in [0.717, 1.165) is 31.5 Å². The molecule has 1 aromatic heterocycles. The lowest BCUT2D eigenvalue weighted by Gasteiger charge is -2.21. The first-order chi connectivity index (χ1) is 9.76. The molecule has 0 unspecified atom stereocenters. The summed E-state index contributed by atoms with van der Waals surface area (Å²) in [4.78, 5) is 18.5. The predicted molar refractivity (Wildman–Crippen MR) is 78.4 cm³/mol. The average molecular weight is 272 g/mol. The highest BCUT2D eigenvalue weighted by Gasteiger charge is 2.15. The van der Waals surface area contributed by atoms with Crippen LogP contribution in [0.25, 0.3) is 11.5 Å². The number of benzene rings is 1. The van der Waals surface area contributed by atoms with E-state index in [4.69, 9.17) is 4.42 Å². The summed E-state index contributed by atoms with van der Waals surface area (Å²) in [6, 6.07) is 7.44. The standard InChI is InChI=1S/C16H20N2O2/c1-3-9-18(10-4-2)16(19)14-7-5-6-13(12-14)15-17-8-11-20-15/h5-8,11-12H,3-4,9-10H2,1-2H3. The first-order valence-corrected chi connectivity index (χ1v) is 7.05. The molecule has 1 amide bonds. The number of amides is 1. The smallest absolute Gasteiger partial charge is 0.253 e. The third-order valence-electron chi connectivity index (χ3n) is 3.06. The van der Waals surface area contributed by atoms with Crippen LogP contribution in [-0.2, 0) is 0 Å². The van der Waals surface area contributed by atoms with Crippen molar-refractivity contribution in [1.82, 2.24) is 9.88 Å². The van der Waals surface area contributed by atoms with Crippen molar-refractivity contribution in [2.75, 3.05) is 13.1 Å². The maximum absolute atomic E-state index is 12.5. The number of carbonyl (C=O) groups excluding carboxylic acids is 1. The highest BCUT2D eigenvalue weighted by Crippen LogP contribution is 2.19. The van der Waals surface area contributed by atoms with E-state index in [-0.39, 0.29) is 5.91 Å². The third kappa shape index (κ3) is 3.26. The first kappa shape index (κ1) is 14.3. The minimum Gasteiger partial charge on any atom is -0.445 e. The van der Waals surface area contributed by atoms with Crippen molar-refractivity contribution in [3.63, 3.8) is 0 Å². The monoisotopic (exact) mass is 272 g/mol. The molecule has 1 heterocycles. The highest BCUT2D eigenvalue weighted by atomic mass is 16.3. The van der Waals surface area contributed by atoms with Gasteiger partial charge in [0.2, 0.25) is 5.89 Å². The summed E-state index contributed by atoms with van der Waals surface area (Å²) in [7, 11) is 0. The zero-order valence-electron chi connectivity index (χ0n) is 12.0. The second-order valence-corrected chi connectivity index (χ2v) is 4.71. The SMILES string of the molecule is CCCN(CCC)C(=O)c1cccc(-c2ncco2)c1. The van der Waals surface area contributed by atoms with Crippen LogP contribution in [0.2, 0.25) is 0 Å². The summed E-state index contributed by atoms with van der Waals surface area (Å²) in [5, 5.41) is 0. The van der Waals surface area contributed by atoms with Gasteiger partial charge in [-0.05, 0) is 31.0 Å². The molecule has 0 fully saturated rings. The van der Waals surface area contributed by atoms with Gasteiger partial charge in [-0.2, -0.15) is 0 Å². The van der Waals surface area contributed by atoms with Crippen molar-refractivity contribution >= 4 is 5.91 Å². The Bertz CT molecular complexity index is 543. The van der Waals surface area contributed by atoms with E-state index in [9.17, 15) is 4.79 Å². The van der Waals surface area contributed by atoms with Gasteiger partial charge in [0.15, 0.2) is 0 Å². The minimum atomic E-state index is 0.0714. The van der Waals surface area contributed by atoms with E-state index in [1.54, 1.807) is 6.20 Å². The fourth-order valence-corrected chi connectivity index (χ4v) is 2.19. The molecule has 0 aliphatic heterocycles. The van der Waals surface area contributed by atoms with Crippen LogP contribution in [0, 0.1) is 0 Å². The second kappa shape index (κ2) is 6.89. The number of oxazole rings is 1. The summed E-state index contributed by atoms with van der Waals surface area (Å²) >= 11 is 0. The summed E-state index contributed by atoms with van der Waals surface area (Å²) in [5.41, 5.74) is 1.51. The van der Waals surface area contributed by atoms with Gasteiger partial charge in [0.05, 0.1) is 6.20 Å². The Labute approximate surface area is 119 Å². The minimum absolute atomic E-state index is 0.0714. The molecule has 2 rings (SSSR count). The van der Waals surface area contributed by atoms with Crippen molar-refractivity contribution in [3.05, 3.63) is 42.3 Å². The maximum Gasteiger partial charge on any atom is 0.253 e. The lowest BCUT2D eigenvalue weighted by atomic mass is 10.1. The number of aromatic nitrogens is 1. The Hall–Kier alpha value is -2.10. The molecule has 0 radical (unpaired) electrons. The molecule has 0 aliphatic rings. The van der Waals surface area contributed by atoms with Gasteiger partial charge < -0.3 is 9.32 Å². The highest BCUT2D eigenvalue weighted by molar-refractivity contribution is 5.95. The Balaban J connectivity index is 2.23. The quantitative estimate of drug-likeness (QED) is 0.807. The molecule has 0 spiro atoms. The molecule has 4 heteroatoms. The summed E-state index contributed by atoms with van der Waals surface area (Å²) in [5.74, 6) is 0.610. The zero-order chi connectivity index (χ0) is 14.4. The Morgan fingerprint density at radius 2 is 2.00 bits per heavy atom. The third-order valence-corrected chi connectivity index (χ3v) is 3.06. The van der Waals surface area contributed by atoms with E-state index in [0.29, 0.717) is 11.5 Å². The average Bonchev–Trinajstić information content (AvgIpc) is 3.01. The number of rotatable bonds is 6. The van der Waals surface area contributed by atoms with Crippen LogP contribution in [0.15, 0.2) is 41.1 Å². The maximum atomic E-state index is 12.5. The van der Waals surface area contributed by atoms with Gasteiger partial charge in [0, 0.05) is 24.2 Å². The lowest BCUT2D eigenvalue weighted by Crippen LogP contribution is -2.32. The summed E-state index contributed by atoms with van der Waals surface area (Å²) < 4.78 is 5.27. The van der Waals surface area contributed by atoms with Gasteiger partial charge in [-0.3, -0.25) is 4.79 Å². The van der Waals surface area contributed by atoms with Crippen molar-refractivity contribution in [1.29, 1.82) is 0 Å². The van der Waals surface area contributed by atoms with Crippen LogP contribution >= 0.6 is 0 Å². The number of hydrogen-bond acceptors (Lipinski definition) is 3. The van der Waals surface area contributed by atoms with Crippen LogP contribution in [-0.4, -0.2) is 28.9 Å². The van der Waals surface area contributed by atoms with Crippen molar-refractivity contribution in [2.24, 2.45) is 0 Å². The van der Waals surface area contributed by atoms with Gasteiger partial charge in [-0.25, -0.2) is 4.98 Å². The molecule has 4 nitrogen and oxygen atoms in total. The molecule has 0 atom stereocenters. The normalized spacial score (nSPS) is 10.5. The van der Waals surface area contributed by atoms with E-state index < -0.39 is 0 Å². The Morgan fingerprint density at radius 1 is 1.25 bits per heavy atom. The van der Waals surface area contributed by atoms with Crippen molar-refractivity contribution in [3.8, 4) is 11.5 Å². The zero-order valence-corrected chi connectivity index (χ0v) is 12.0. The molecule has 106 valence electrons.